The van der Waals surface area contributed by atoms with E-state index in [1.54, 1.807) is 21.3 Å². The number of carbonyl (C=O) groups excluding carboxylic acids is 1. The van der Waals surface area contributed by atoms with E-state index in [-0.39, 0.29) is 17.7 Å². The molecule has 1 aromatic rings. The Labute approximate surface area is 172 Å². The molecule has 0 aliphatic carbocycles. The van der Waals surface area contributed by atoms with Gasteiger partial charge in [0, 0.05) is 32.1 Å². The first kappa shape index (κ1) is 22.1. The number of benzene rings is 1. The van der Waals surface area contributed by atoms with E-state index in [0.29, 0.717) is 42.0 Å². The number of amides is 1. The molecule has 1 aliphatic heterocycles. The molecule has 0 unspecified atom stereocenters. The van der Waals surface area contributed by atoms with E-state index < -0.39 is 0 Å². The number of nitrogens with one attached hydrogen (secondary N) is 2. The average Bonchev–Trinajstić information content (AvgIpc) is 3.16. The van der Waals surface area contributed by atoms with Crippen molar-refractivity contribution in [2.75, 3.05) is 47.5 Å². The number of carbonyl (C=O) groups is 1. The fourth-order valence-corrected chi connectivity index (χ4v) is 3.82. The Bertz CT molecular complexity index is 673. The first-order valence-electron chi connectivity index (χ1n) is 9.60. The predicted molar refractivity (Wildman–Crippen MR) is 113 cm³/mol. The van der Waals surface area contributed by atoms with E-state index in [1.807, 2.05) is 26.0 Å². The largest absolute Gasteiger partial charge is 0.493 e. The summed E-state index contributed by atoms with van der Waals surface area (Å²) in [6, 6.07) is 3.85. The lowest BCUT2D eigenvalue weighted by atomic mass is 9.88. The maximum Gasteiger partial charge on any atom is 0.225 e. The smallest absolute Gasteiger partial charge is 0.225 e. The number of hydrogen-bond acceptors (Lipinski definition) is 5. The van der Waals surface area contributed by atoms with Gasteiger partial charge in [-0.15, -0.1) is 0 Å². The molecule has 1 heterocycles. The highest BCUT2D eigenvalue weighted by Crippen LogP contribution is 2.43. The van der Waals surface area contributed by atoms with Crippen LogP contribution in [0.3, 0.4) is 0 Å². The maximum absolute atomic E-state index is 12.9. The zero-order chi connectivity index (χ0) is 20.7. The van der Waals surface area contributed by atoms with Gasteiger partial charge >= 0.3 is 0 Å². The second kappa shape index (κ2) is 10.4. The highest BCUT2D eigenvalue weighted by atomic mass is 32.1. The van der Waals surface area contributed by atoms with Crippen LogP contribution in [-0.2, 0) is 4.79 Å². The lowest BCUT2D eigenvalue weighted by Gasteiger charge is -2.21. The molecule has 156 valence electrons. The van der Waals surface area contributed by atoms with Crippen molar-refractivity contribution < 1.29 is 19.0 Å². The molecule has 2 rings (SSSR count). The predicted octanol–water partition coefficient (Wildman–Crippen LogP) is 2.15. The Hall–Kier alpha value is -2.22. The fourth-order valence-electron chi connectivity index (χ4n) is 3.53. The maximum atomic E-state index is 12.9. The minimum Gasteiger partial charge on any atom is -0.493 e. The van der Waals surface area contributed by atoms with Crippen molar-refractivity contribution in [3.8, 4) is 17.2 Å². The summed E-state index contributed by atoms with van der Waals surface area (Å²) >= 11 is 5.49. The van der Waals surface area contributed by atoms with Crippen molar-refractivity contribution in [2.24, 2.45) is 5.92 Å². The molecule has 0 radical (unpaired) electrons. The van der Waals surface area contributed by atoms with E-state index in [0.717, 1.165) is 18.5 Å². The van der Waals surface area contributed by atoms with Crippen LogP contribution in [0.25, 0.3) is 0 Å². The Balaban J connectivity index is 2.40. The van der Waals surface area contributed by atoms with Crippen LogP contribution in [-0.4, -0.2) is 63.4 Å². The van der Waals surface area contributed by atoms with Gasteiger partial charge in [0.1, 0.15) is 0 Å². The Morgan fingerprint density at radius 1 is 1.11 bits per heavy atom. The monoisotopic (exact) mass is 409 g/mol. The van der Waals surface area contributed by atoms with Gasteiger partial charge in [0.15, 0.2) is 16.6 Å². The molecule has 1 aromatic carbocycles. The molecule has 1 amide bonds. The first-order chi connectivity index (χ1) is 13.5. The minimum absolute atomic E-state index is 0.0397. The summed E-state index contributed by atoms with van der Waals surface area (Å²) in [7, 11) is 4.76. The van der Waals surface area contributed by atoms with Crippen LogP contribution in [0.4, 0.5) is 0 Å². The van der Waals surface area contributed by atoms with Crippen LogP contribution in [0.15, 0.2) is 12.1 Å². The third-order valence-corrected chi connectivity index (χ3v) is 5.34. The average molecular weight is 410 g/mol. The fraction of sp³-hybridized carbons (Fsp3) is 0.600. The van der Waals surface area contributed by atoms with Crippen LogP contribution < -0.4 is 24.8 Å². The first-order valence-corrected chi connectivity index (χ1v) is 10.0. The van der Waals surface area contributed by atoms with Crippen molar-refractivity contribution >= 4 is 23.2 Å². The lowest BCUT2D eigenvalue weighted by molar-refractivity contribution is -0.124. The van der Waals surface area contributed by atoms with Crippen LogP contribution in [0.1, 0.15) is 31.7 Å². The van der Waals surface area contributed by atoms with E-state index in [9.17, 15) is 4.79 Å². The molecule has 2 atom stereocenters. The quantitative estimate of drug-likeness (QED) is 0.638. The molecule has 0 aromatic heterocycles. The summed E-state index contributed by atoms with van der Waals surface area (Å²) in [6.07, 6.45) is 0.896. The highest BCUT2D eigenvalue weighted by Gasteiger charge is 2.40. The van der Waals surface area contributed by atoms with E-state index in [2.05, 4.69) is 15.5 Å². The molecule has 0 saturated carbocycles. The number of hydrogen-bond donors (Lipinski definition) is 2. The van der Waals surface area contributed by atoms with Crippen LogP contribution in [0.2, 0.25) is 0 Å². The molecular formula is C20H31N3O4S. The number of likely N-dealkylation sites (tertiary alicyclic amines) is 1. The number of rotatable bonds is 8. The topological polar surface area (TPSA) is 72.1 Å². The van der Waals surface area contributed by atoms with Gasteiger partial charge in [-0.1, -0.05) is 6.92 Å². The molecule has 7 nitrogen and oxygen atoms in total. The molecule has 2 N–H and O–H groups in total. The SMILES string of the molecule is CCCNC(=O)[C@@H]1CN(C(=S)NCC)C[C@H]1c1cc(OC)c(OC)c(OC)c1. The number of methoxy groups -OCH3 is 3. The Morgan fingerprint density at radius 2 is 1.75 bits per heavy atom. The summed E-state index contributed by atoms with van der Waals surface area (Å²) in [5.74, 6) is 1.49. The van der Waals surface area contributed by atoms with E-state index in [4.69, 9.17) is 26.4 Å². The molecule has 1 fully saturated rings. The highest BCUT2D eigenvalue weighted by molar-refractivity contribution is 7.80. The molecule has 8 heteroatoms. The Kier molecular flexibility index (Phi) is 8.17. The second-order valence-electron chi connectivity index (χ2n) is 6.70. The Morgan fingerprint density at radius 3 is 2.25 bits per heavy atom. The van der Waals surface area contributed by atoms with Gasteiger partial charge in [0.05, 0.1) is 27.2 Å². The van der Waals surface area contributed by atoms with E-state index >= 15 is 0 Å². The second-order valence-corrected chi connectivity index (χ2v) is 7.09. The molecular weight excluding hydrogens is 378 g/mol. The van der Waals surface area contributed by atoms with Gasteiger partial charge in [0.25, 0.3) is 0 Å². The third-order valence-electron chi connectivity index (χ3n) is 4.94. The van der Waals surface area contributed by atoms with Gasteiger partial charge in [-0.25, -0.2) is 0 Å². The van der Waals surface area contributed by atoms with Crippen molar-refractivity contribution in [1.29, 1.82) is 0 Å². The molecule has 1 saturated heterocycles. The van der Waals surface area contributed by atoms with Crippen molar-refractivity contribution in [2.45, 2.75) is 26.2 Å². The van der Waals surface area contributed by atoms with Gasteiger partial charge in [-0.05, 0) is 43.3 Å². The van der Waals surface area contributed by atoms with Gasteiger partial charge in [-0.2, -0.15) is 0 Å². The normalized spacial score (nSPS) is 18.5. The third kappa shape index (κ3) is 4.79. The number of nitrogens with zero attached hydrogens (tertiary/aromatic N) is 1. The summed E-state index contributed by atoms with van der Waals surface area (Å²) in [5.41, 5.74) is 0.966. The molecule has 28 heavy (non-hydrogen) atoms. The summed E-state index contributed by atoms with van der Waals surface area (Å²) in [6.45, 7) is 6.67. The van der Waals surface area contributed by atoms with Gasteiger partial charge in [0.2, 0.25) is 11.7 Å². The van der Waals surface area contributed by atoms with Crippen LogP contribution in [0, 0.1) is 5.92 Å². The summed E-state index contributed by atoms with van der Waals surface area (Å²) in [5, 5.41) is 6.88. The molecule has 0 bridgehead atoms. The summed E-state index contributed by atoms with van der Waals surface area (Å²) < 4.78 is 16.4. The van der Waals surface area contributed by atoms with E-state index in [1.165, 1.54) is 0 Å². The van der Waals surface area contributed by atoms with Crippen LogP contribution in [0.5, 0.6) is 17.2 Å². The minimum atomic E-state index is -0.217. The molecule has 1 aliphatic rings. The zero-order valence-corrected chi connectivity index (χ0v) is 18.1. The van der Waals surface area contributed by atoms with Gasteiger partial charge in [-0.3, -0.25) is 4.79 Å². The van der Waals surface area contributed by atoms with Crippen LogP contribution >= 0.6 is 12.2 Å². The standard InChI is InChI=1S/C20H31N3O4S/c1-6-8-22-19(24)15-12-23(20(28)21-7-2)11-14(15)13-9-16(25-3)18(27-5)17(10-13)26-4/h9-10,14-15H,6-8,11-12H2,1-5H3,(H,21,28)(H,22,24)/t14-,15+/m0/s1. The van der Waals surface area contributed by atoms with Crippen molar-refractivity contribution in [3.05, 3.63) is 17.7 Å². The molecule has 0 spiro atoms. The summed E-state index contributed by atoms with van der Waals surface area (Å²) in [4.78, 5) is 14.9. The van der Waals surface area contributed by atoms with Crippen molar-refractivity contribution in [1.82, 2.24) is 15.5 Å². The zero-order valence-electron chi connectivity index (χ0n) is 17.3. The van der Waals surface area contributed by atoms with Gasteiger partial charge < -0.3 is 29.7 Å². The lowest BCUT2D eigenvalue weighted by Crippen LogP contribution is -2.39. The number of ether oxygens (including phenoxy) is 3. The number of thiocarbonyl (C=S) groups is 1. The van der Waals surface area contributed by atoms with Crippen molar-refractivity contribution in [3.63, 3.8) is 0 Å².